The summed E-state index contributed by atoms with van der Waals surface area (Å²) in [4.78, 5) is 24.2. The Kier molecular flexibility index (Phi) is 3.50. The highest BCUT2D eigenvalue weighted by Gasteiger charge is 2.36. The van der Waals surface area contributed by atoms with E-state index in [1.807, 2.05) is 30.3 Å². The summed E-state index contributed by atoms with van der Waals surface area (Å²) in [6, 6.07) is 9.58. The van der Waals surface area contributed by atoms with Gasteiger partial charge in [0.15, 0.2) is 0 Å². The fourth-order valence-corrected chi connectivity index (χ4v) is 1.97. The number of carbonyl (C=O) groups is 2. The van der Waals surface area contributed by atoms with Gasteiger partial charge < -0.3 is 0 Å². The molecule has 0 fully saturated rings. The normalized spacial score (nSPS) is 16.0. The van der Waals surface area contributed by atoms with E-state index in [1.54, 1.807) is 0 Å². The quantitative estimate of drug-likeness (QED) is 0.790. The van der Waals surface area contributed by atoms with Gasteiger partial charge in [0, 0.05) is 6.54 Å². The predicted octanol–water partition coefficient (Wildman–Crippen LogP) is 2.29. The average molecular weight is 270 g/mol. The summed E-state index contributed by atoms with van der Waals surface area (Å²) >= 11 is 11.2. The van der Waals surface area contributed by atoms with Gasteiger partial charge in [-0.05, 0) is 12.0 Å². The van der Waals surface area contributed by atoms with Gasteiger partial charge in [-0.1, -0.05) is 53.5 Å². The van der Waals surface area contributed by atoms with Crippen molar-refractivity contribution in [1.82, 2.24) is 4.90 Å². The third-order valence-corrected chi connectivity index (χ3v) is 3.32. The number of halogens is 2. The van der Waals surface area contributed by atoms with Crippen LogP contribution < -0.4 is 0 Å². The fourth-order valence-electron chi connectivity index (χ4n) is 1.61. The third-order valence-electron chi connectivity index (χ3n) is 2.53. The minimum atomic E-state index is -0.516. The molecule has 0 aromatic heterocycles. The number of hydrogen-bond donors (Lipinski definition) is 0. The molecule has 0 atom stereocenters. The van der Waals surface area contributed by atoms with E-state index < -0.39 is 11.8 Å². The molecule has 88 valence electrons. The minimum absolute atomic E-state index is 0.190. The zero-order valence-electron chi connectivity index (χ0n) is 8.82. The SMILES string of the molecule is O=C1C(Cl)=C(Cl)C(=O)N1CCc1ccccc1. The van der Waals surface area contributed by atoms with Crippen molar-refractivity contribution in [1.29, 1.82) is 0 Å². The Labute approximate surface area is 109 Å². The lowest BCUT2D eigenvalue weighted by molar-refractivity contribution is -0.137. The number of imide groups is 1. The largest absolute Gasteiger partial charge is 0.274 e. The maximum atomic E-state index is 11.6. The van der Waals surface area contributed by atoms with Crippen molar-refractivity contribution in [3.63, 3.8) is 0 Å². The van der Waals surface area contributed by atoms with Gasteiger partial charge in [0.2, 0.25) is 0 Å². The lowest BCUT2D eigenvalue weighted by atomic mass is 10.1. The maximum absolute atomic E-state index is 11.6. The predicted molar refractivity (Wildman–Crippen MR) is 65.6 cm³/mol. The zero-order chi connectivity index (χ0) is 12.4. The topological polar surface area (TPSA) is 37.4 Å². The van der Waals surface area contributed by atoms with Gasteiger partial charge in [0.1, 0.15) is 10.1 Å². The highest BCUT2D eigenvalue weighted by Crippen LogP contribution is 2.26. The van der Waals surface area contributed by atoms with Crippen molar-refractivity contribution in [3.8, 4) is 0 Å². The fraction of sp³-hybridized carbons (Fsp3) is 0.167. The Balaban J connectivity index is 2.03. The van der Waals surface area contributed by atoms with Gasteiger partial charge in [0.05, 0.1) is 0 Å². The Bertz CT molecular complexity index is 472. The van der Waals surface area contributed by atoms with Crippen molar-refractivity contribution in [2.45, 2.75) is 6.42 Å². The first kappa shape index (κ1) is 12.1. The van der Waals surface area contributed by atoms with E-state index >= 15 is 0 Å². The summed E-state index contributed by atoms with van der Waals surface area (Å²) in [5.41, 5.74) is 1.05. The number of amides is 2. The van der Waals surface area contributed by atoms with Crippen LogP contribution in [-0.4, -0.2) is 23.3 Å². The smallest absolute Gasteiger partial charge is 0.272 e. The van der Waals surface area contributed by atoms with Crippen molar-refractivity contribution in [2.24, 2.45) is 0 Å². The number of carbonyl (C=O) groups excluding carboxylic acids is 2. The number of hydrogen-bond acceptors (Lipinski definition) is 2. The van der Waals surface area contributed by atoms with Crippen LogP contribution in [-0.2, 0) is 16.0 Å². The molecule has 17 heavy (non-hydrogen) atoms. The molecule has 3 nitrogen and oxygen atoms in total. The molecule has 0 radical (unpaired) electrons. The number of benzene rings is 1. The second-order valence-electron chi connectivity index (χ2n) is 3.63. The van der Waals surface area contributed by atoms with Crippen LogP contribution in [0.4, 0.5) is 0 Å². The Morgan fingerprint density at radius 3 is 2.00 bits per heavy atom. The molecule has 1 aliphatic heterocycles. The Morgan fingerprint density at radius 2 is 1.47 bits per heavy atom. The van der Waals surface area contributed by atoms with Crippen molar-refractivity contribution >= 4 is 35.0 Å². The summed E-state index contributed by atoms with van der Waals surface area (Å²) < 4.78 is 0. The van der Waals surface area contributed by atoms with Crippen LogP contribution in [0.15, 0.2) is 40.4 Å². The summed E-state index contributed by atoms with van der Waals surface area (Å²) in [7, 11) is 0. The molecule has 0 unspecified atom stereocenters. The van der Waals surface area contributed by atoms with E-state index in [4.69, 9.17) is 23.2 Å². The number of rotatable bonds is 3. The molecule has 1 aromatic carbocycles. The van der Waals surface area contributed by atoms with Crippen LogP contribution in [0.2, 0.25) is 0 Å². The molecular weight excluding hydrogens is 261 g/mol. The van der Waals surface area contributed by atoms with E-state index in [1.165, 1.54) is 0 Å². The van der Waals surface area contributed by atoms with Gasteiger partial charge in [-0.25, -0.2) is 0 Å². The molecule has 0 N–H and O–H groups in total. The standard InChI is InChI=1S/C12H9Cl2NO2/c13-9-10(14)12(17)15(11(9)16)7-6-8-4-2-1-3-5-8/h1-5H,6-7H2. The zero-order valence-corrected chi connectivity index (χ0v) is 10.3. The van der Waals surface area contributed by atoms with Gasteiger partial charge >= 0.3 is 0 Å². The van der Waals surface area contributed by atoms with E-state index in [9.17, 15) is 9.59 Å². The van der Waals surface area contributed by atoms with Crippen LogP contribution in [0, 0.1) is 0 Å². The molecule has 0 bridgehead atoms. The molecular formula is C12H9Cl2NO2. The first-order valence-corrected chi connectivity index (χ1v) is 5.82. The van der Waals surface area contributed by atoms with Gasteiger partial charge in [-0.2, -0.15) is 0 Å². The maximum Gasteiger partial charge on any atom is 0.274 e. The molecule has 0 spiro atoms. The van der Waals surface area contributed by atoms with Crippen LogP contribution in [0.25, 0.3) is 0 Å². The highest BCUT2D eigenvalue weighted by atomic mass is 35.5. The van der Waals surface area contributed by atoms with Crippen molar-refractivity contribution < 1.29 is 9.59 Å². The van der Waals surface area contributed by atoms with Crippen LogP contribution in [0.1, 0.15) is 5.56 Å². The second-order valence-corrected chi connectivity index (χ2v) is 4.38. The third kappa shape index (κ3) is 2.35. The molecule has 0 saturated heterocycles. The van der Waals surface area contributed by atoms with Crippen LogP contribution in [0.3, 0.4) is 0 Å². The first-order chi connectivity index (χ1) is 8.11. The Morgan fingerprint density at radius 1 is 0.941 bits per heavy atom. The molecule has 1 heterocycles. The van der Waals surface area contributed by atoms with Gasteiger partial charge in [0.25, 0.3) is 11.8 Å². The molecule has 0 saturated carbocycles. The average Bonchev–Trinajstić information content (AvgIpc) is 2.54. The van der Waals surface area contributed by atoms with E-state index in [2.05, 4.69) is 0 Å². The first-order valence-electron chi connectivity index (χ1n) is 5.06. The van der Waals surface area contributed by atoms with Crippen LogP contribution in [0.5, 0.6) is 0 Å². The monoisotopic (exact) mass is 269 g/mol. The summed E-state index contributed by atoms with van der Waals surface area (Å²) in [5.74, 6) is -1.03. The van der Waals surface area contributed by atoms with Crippen LogP contribution >= 0.6 is 23.2 Å². The molecule has 2 amide bonds. The minimum Gasteiger partial charge on any atom is -0.272 e. The molecule has 2 rings (SSSR count). The van der Waals surface area contributed by atoms with E-state index in [-0.39, 0.29) is 16.6 Å². The van der Waals surface area contributed by atoms with Gasteiger partial charge in [-0.15, -0.1) is 0 Å². The number of nitrogens with zero attached hydrogens (tertiary/aromatic N) is 1. The van der Waals surface area contributed by atoms with E-state index in [0.717, 1.165) is 10.5 Å². The molecule has 0 aliphatic carbocycles. The van der Waals surface area contributed by atoms with Crippen molar-refractivity contribution in [2.75, 3.05) is 6.54 Å². The lowest BCUT2D eigenvalue weighted by Crippen LogP contribution is -2.33. The summed E-state index contributed by atoms with van der Waals surface area (Å²) in [6.45, 7) is 0.286. The van der Waals surface area contributed by atoms with Crippen molar-refractivity contribution in [3.05, 3.63) is 46.0 Å². The second kappa shape index (κ2) is 4.90. The highest BCUT2D eigenvalue weighted by molar-refractivity contribution is 6.58. The lowest BCUT2D eigenvalue weighted by Gasteiger charge is -2.13. The summed E-state index contributed by atoms with van der Waals surface area (Å²) in [6.07, 6.45) is 0.590. The Hall–Kier alpha value is -1.32. The van der Waals surface area contributed by atoms with Gasteiger partial charge in [-0.3, -0.25) is 14.5 Å². The molecule has 1 aliphatic rings. The molecule has 5 heteroatoms. The summed E-state index contributed by atoms with van der Waals surface area (Å²) in [5, 5.41) is -0.380. The van der Waals surface area contributed by atoms with E-state index in [0.29, 0.717) is 6.42 Å². The molecule has 1 aromatic rings.